The fourth-order valence-electron chi connectivity index (χ4n) is 1.93. The molecule has 1 rings (SSSR count). The summed E-state index contributed by atoms with van der Waals surface area (Å²) < 4.78 is 0. The Morgan fingerprint density at radius 2 is 1.93 bits per heavy atom. The number of rotatable bonds is 4. The summed E-state index contributed by atoms with van der Waals surface area (Å²) in [6, 6.07) is 0. The average molecular weight is 213 g/mol. The molecule has 1 aliphatic heterocycles. The molecule has 1 atom stereocenters. The van der Waals surface area contributed by atoms with Crippen LogP contribution in [0.4, 0.5) is 0 Å². The van der Waals surface area contributed by atoms with Crippen molar-refractivity contribution >= 4 is 5.91 Å². The van der Waals surface area contributed by atoms with Crippen molar-refractivity contribution in [3.63, 3.8) is 0 Å². The number of nitrogens with one attached hydrogen (secondary N) is 1. The zero-order chi connectivity index (χ0) is 11.3. The second kappa shape index (κ2) is 6.08. The first-order chi connectivity index (χ1) is 7.15. The third kappa shape index (κ3) is 3.80. The van der Waals surface area contributed by atoms with Gasteiger partial charge in [-0.3, -0.25) is 10.2 Å². The summed E-state index contributed by atoms with van der Waals surface area (Å²) in [5, 5.41) is 2.02. The van der Waals surface area contributed by atoms with Gasteiger partial charge in [0.2, 0.25) is 5.91 Å². The number of amides is 1. The highest BCUT2D eigenvalue weighted by atomic mass is 16.2. The molecule has 1 unspecified atom stereocenters. The number of nitrogens with two attached hydrogens (primary N) is 1. The van der Waals surface area contributed by atoms with E-state index < -0.39 is 0 Å². The molecule has 4 nitrogen and oxygen atoms in total. The van der Waals surface area contributed by atoms with Crippen LogP contribution >= 0.6 is 0 Å². The number of hydrogen-bond donors (Lipinski definition) is 2. The fourth-order valence-corrected chi connectivity index (χ4v) is 1.93. The van der Waals surface area contributed by atoms with Gasteiger partial charge in [0, 0.05) is 19.6 Å². The van der Waals surface area contributed by atoms with Gasteiger partial charge in [-0.25, -0.2) is 5.01 Å². The van der Waals surface area contributed by atoms with Crippen LogP contribution in [0.3, 0.4) is 0 Å². The van der Waals surface area contributed by atoms with E-state index in [1.54, 1.807) is 0 Å². The van der Waals surface area contributed by atoms with E-state index in [1.807, 2.05) is 18.9 Å². The van der Waals surface area contributed by atoms with Gasteiger partial charge in [0.25, 0.3) is 0 Å². The Balaban J connectivity index is 2.38. The van der Waals surface area contributed by atoms with Gasteiger partial charge in [0.15, 0.2) is 0 Å². The van der Waals surface area contributed by atoms with Crippen LogP contribution in [-0.4, -0.2) is 30.6 Å². The standard InChI is InChI=1S/C11H23N3O/c1-9(2)10(8-12)11(15)13-14-6-4-3-5-7-14/h9-10H,3-8,12H2,1-2H3,(H,13,15). The van der Waals surface area contributed by atoms with Crippen LogP contribution in [0.15, 0.2) is 0 Å². The zero-order valence-corrected chi connectivity index (χ0v) is 9.83. The Morgan fingerprint density at radius 3 is 2.40 bits per heavy atom. The first-order valence-corrected chi connectivity index (χ1v) is 5.90. The van der Waals surface area contributed by atoms with Gasteiger partial charge >= 0.3 is 0 Å². The van der Waals surface area contributed by atoms with E-state index in [0.29, 0.717) is 12.5 Å². The Bertz CT molecular complexity index is 200. The van der Waals surface area contributed by atoms with E-state index in [-0.39, 0.29) is 11.8 Å². The van der Waals surface area contributed by atoms with Crippen LogP contribution in [-0.2, 0) is 4.79 Å². The molecule has 1 heterocycles. The summed E-state index contributed by atoms with van der Waals surface area (Å²) in [5.41, 5.74) is 8.57. The quantitative estimate of drug-likeness (QED) is 0.724. The van der Waals surface area contributed by atoms with E-state index in [0.717, 1.165) is 13.1 Å². The van der Waals surface area contributed by atoms with Crippen molar-refractivity contribution in [1.29, 1.82) is 0 Å². The van der Waals surface area contributed by atoms with Gasteiger partial charge in [-0.15, -0.1) is 0 Å². The minimum Gasteiger partial charge on any atom is -0.330 e. The molecule has 0 saturated carbocycles. The van der Waals surface area contributed by atoms with E-state index in [1.165, 1.54) is 19.3 Å². The molecule has 0 aromatic heterocycles. The summed E-state index contributed by atoms with van der Waals surface area (Å²) in [4.78, 5) is 11.9. The average Bonchev–Trinajstić information content (AvgIpc) is 2.19. The van der Waals surface area contributed by atoms with Crippen LogP contribution in [0.25, 0.3) is 0 Å². The molecule has 1 aliphatic rings. The highest BCUT2D eigenvalue weighted by molar-refractivity contribution is 5.78. The number of hydrazine groups is 1. The second-order valence-electron chi connectivity index (χ2n) is 4.61. The molecule has 1 saturated heterocycles. The normalized spacial score (nSPS) is 20.3. The Morgan fingerprint density at radius 1 is 1.33 bits per heavy atom. The highest BCUT2D eigenvalue weighted by Crippen LogP contribution is 2.11. The largest absolute Gasteiger partial charge is 0.330 e. The summed E-state index contributed by atoms with van der Waals surface area (Å²) in [7, 11) is 0. The molecule has 0 spiro atoms. The van der Waals surface area contributed by atoms with Crippen molar-refractivity contribution in [2.24, 2.45) is 17.6 Å². The Labute approximate surface area is 92.2 Å². The molecule has 1 amide bonds. The SMILES string of the molecule is CC(C)C(CN)C(=O)NN1CCCCC1. The van der Waals surface area contributed by atoms with Gasteiger partial charge in [-0.2, -0.15) is 0 Å². The summed E-state index contributed by atoms with van der Waals surface area (Å²) in [5.74, 6) is 0.320. The molecule has 1 fully saturated rings. The predicted molar refractivity (Wildman–Crippen MR) is 60.9 cm³/mol. The van der Waals surface area contributed by atoms with E-state index in [9.17, 15) is 4.79 Å². The van der Waals surface area contributed by atoms with E-state index in [4.69, 9.17) is 5.73 Å². The lowest BCUT2D eigenvalue weighted by atomic mass is 9.95. The van der Waals surface area contributed by atoms with Gasteiger partial charge in [0.05, 0.1) is 5.92 Å². The lowest BCUT2D eigenvalue weighted by Crippen LogP contribution is -2.49. The Hall–Kier alpha value is -0.610. The molecule has 0 aliphatic carbocycles. The summed E-state index contributed by atoms with van der Waals surface area (Å²) in [6.45, 7) is 6.44. The number of carbonyl (C=O) groups excluding carboxylic acids is 1. The van der Waals surface area contributed by atoms with Crippen LogP contribution in [0.1, 0.15) is 33.1 Å². The van der Waals surface area contributed by atoms with Crippen molar-refractivity contribution in [3.8, 4) is 0 Å². The van der Waals surface area contributed by atoms with Crippen molar-refractivity contribution in [2.45, 2.75) is 33.1 Å². The number of piperidine rings is 1. The molecular formula is C11H23N3O. The monoisotopic (exact) mass is 213 g/mol. The zero-order valence-electron chi connectivity index (χ0n) is 9.83. The number of carbonyl (C=O) groups is 1. The first kappa shape index (κ1) is 12.5. The molecule has 3 N–H and O–H groups in total. The lowest BCUT2D eigenvalue weighted by molar-refractivity contribution is -0.131. The van der Waals surface area contributed by atoms with Crippen LogP contribution in [0, 0.1) is 11.8 Å². The maximum absolute atomic E-state index is 11.9. The minimum absolute atomic E-state index is 0.0630. The van der Waals surface area contributed by atoms with Crippen LogP contribution in [0.5, 0.6) is 0 Å². The molecule has 4 heteroatoms. The van der Waals surface area contributed by atoms with Crippen molar-refractivity contribution in [3.05, 3.63) is 0 Å². The maximum Gasteiger partial charge on any atom is 0.238 e. The maximum atomic E-state index is 11.9. The van der Waals surface area contributed by atoms with Crippen molar-refractivity contribution < 1.29 is 4.79 Å². The van der Waals surface area contributed by atoms with E-state index >= 15 is 0 Å². The van der Waals surface area contributed by atoms with Gasteiger partial charge in [-0.1, -0.05) is 20.3 Å². The number of nitrogens with zero attached hydrogens (tertiary/aromatic N) is 1. The smallest absolute Gasteiger partial charge is 0.238 e. The molecule has 88 valence electrons. The molecular weight excluding hydrogens is 190 g/mol. The molecule has 0 bridgehead atoms. The molecule has 0 radical (unpaired) electrons. The van der Waals surface area contributed by atoms with Crippen molar-refractivity contribution in [1.82, 2.24) is 10.4 Å². The summed E-state index contributed by atoms with van der Waals surface area (Å²) in [6.07, 6.45) is 3.63. The van der Waals surface area contributed by atoms with Crippen molar-refractivity contribution in [2.75, 3.05) is 19.6 Å². The minimum atomic E-state index is -0.0630. The predicted octanol–water partition coefficient (Wildman–Crippen LogP) is 0.734. The highest BCUT2D eigenvalue weighted by Gasteiger charge is 2.22. The third-order valence-electron chi connectivity index (χ3n) is 3.02. The summed E-state index contributed by atoms with van der Waals surface area (Å²) >= 11 is 0. The second-order valence-corrected chi connectivity index (χ2v) is 4.61. The fraction of sp³-hybridized carbons (Fsp3) is 0.909. The molecule has 0 aromatic carbocycles. The number of hydrogen-bond acceptors (Lipinski definition) is 3. The first-order valence-electron chi connectivity index (χ1n) is 5.90. The van der Waals surface area contributed by atoms with Gasteiger partial charge < -0.3 is 5.73 Å². The van der Waals surface area contributed by atoms with Gasteiger partial charge in [-0.05, 0) is 18.8 Å². The topological polar surface area (TPSA) is 58.4 Å². The third-order valence-corrected chi connectivity index (χ3v) is 3.02. The van der Waals surface area contributed by atoms with E-state index in [2.05, 4.69) is 5.43 Å². The Kier molecular flexibility index (Phi) is 5.05. The molecule has 0 aromatic rings. The lowest BCUT2D eigenvalue weighted by Gasteiger charge is -2.29. The molecule has 15 heavy (non-hydrogen) atoms. The van der Waals surface area contributed by atoms with Crippen LogP contribution < -0.4 is 11.2 Å². The van der Waals surface area contributed by atoms with Crippen LogP contribution in [0.2, 0.25) is 0 Å². The van der Waals surface area contributed by atoms with Gasteiger partial charge in [0.1, 0.15) is 0 Å².